The summed E-state index contributed by atoms with van der Waals surface area (Å²) >= 11 is 0. The highest BCUT2D eigenvalue weighted by molar-refractivity contribution is 5.04. The van der Waals surface area contributed by atoms with E-state index in [1.807, 2.05) is 26.1 Å². The van der Waals surface area contributed by atoms with Crippen molar-refractivity contribution in [2.75, 3.05) is 20.1 Å². The first-order valence-corrected chi connectivity index (χ1v) is 6.43. The van der Waals surface area contributed by atoms with Crippen molar-refractivity contribution in [3.05, 3.63) is 30.1 Å². The van der Waals surface area contributed by atoms with Crippen molar-refractivity contribution >= 4 is 0 Å². The van der Waals surface area contributed by atoms with Gasteiger partial charge in [0, 0.05) is 11.9 Å². The predicted octanol–water partition coefficient (Wildman–Crippen LogP) is 2.99. The zero-order valence-corrected chi connectivity index (χ0v) is 10.8. The molecular weight excluding hydrogens is 196 g/mol. The van der Waals surface area contributed by atoms with E-state index in [9.17, 15) is 0 Å². The second-order valence-corrected chi connectivity index (χ2v) is 4.27. The molecule has 1 aromatic rings. The summed E-state index contributed by atoms with van der Waals surface area (Å²) in [6, 6.07) is 6.20. The van der Waals surface area contributed by atoms with Crippen molar-refractivity contribution in [1.82, 2.24) is 9.88 Å². The van der Waals surface area contributed by atoms with Gasteiger partial charge in [0.1, 0.15) is 0 Å². The molecule has 2 rings (SSSR count). The van der Waals surface area contributed by atoms with Crippen molar-refractivity contribution in [3.8, 4) is 0 Å². The average molecular weight is 220 g/mol. The first kappa shape index (κ1) is 13.2. The van der Waals surface area contributed by atoms with Crippen LogP contribution in [0.1, 0.15) is 32.4 Å². The molecule has 16 heavy (non-hydrogen) atoms. The van der Waals surface area contributed by atoms with E-state index >= 15 is 0 Å². The highest BCUT2D eigenvalue weighted by Crippen LogP contribution is 2.19. The lowest BCUT2D eigenvalue weighted by atomic mass is 9.92. The standard InChI is InChI=1S/C12H18N2.C2H6/c1-14-8-5-11(6-9-14)10-12-4-2-3-7-13-12;1-2/h2-4,7,11H,5-6,8-10H2,1H3;1-2H3. The molecule has 2 heterocycles. The summed E-state index contributed by atoms with van der Waals surface area (Å²) in [6.07, 6.45) is 5.71. The fourth-order valence-electron chi connectivity index (χ4n) is 2.08. The second kappa shape index (κ2) is 7.39. The van der Waals surface area contributed by atoms with Crippen LogP contribution in [0.2, 0.25) is 0 Å². The molecule has 0 aliphatic carbocycles. The Morgan fingerprint density at radius 1 is 1.25 bits per heavy atom. The number of nitrogens with zero attached hydrogens (tertiary/aromatic N) is 2. The molecule has 0 radical (unpaired) electrons. The first-order valence-electron chi connectivity index (χ1n) is 6.43. The van der Waals surface area contributed by atoms with Crippen LogP contribution < -0.4 is 0 Å². The maximum atomic E-state index is 4.38. The van der Waals surface area contributed by atoms with Crippen molar-refractivity contribution in [2.45, 2.75) is 33.1 Å². The zero-order valence-electron chi connectivity index (χ0n) is 10.8. The molecule has 0 N–H and O–H groups in total. The Hall–Kier alpha value is -0.890. The van der Waals surface area contributed by atoms with Gasteiger partial charge in [-0.05, 0) is 57.5 Å². The smallest absolute Gasteiger partial charge is 0.0406 e. The molecule has 1 fully saturated rings. The Bertz CT molecular complexity index is 263. The third-order valence-electron chi connectivity index (χ3n) is 3.06. The summed E-state index contributed by atoms with van der Waals surface area (Å²) in [7, 11) is 2.21. The Balaban J connectivity index is 0.000000606. The topological polar surface area (TPSA) is 16.1 Å². The van der Waals surface area contributed by atoms with Gasteiger partial charge in [-0.3, -0.25) is 4.98 Å². The molecule has 0 bridgehead atoms. The summed E-state index contributed by atoms with van der Waals surface area (Å²) in [4.78, 5) is 6.79. The Morgan fingerprint density at radius 2 is 1.94 bits per heavy atom. The van der Waals surface area contributed by atoms with Crippen LogP contribution in [-0.2, 0) is 6.42 Å². The minimum absolute atomic E-state index is 0.848. The lowest BCUT2D eigenvalue weighted by molar-refractivity contribution is 0.218. The fourth-order valence-corrected chi connectivity index (χ4v) is 2.08. The van der Waals surface area contributed by atoms with Gasteiger partial charge >= 0.3 is 0 Å². The van der Waals surface area contributed by atoms with E-state index in [1.54, 1.807) is 0 Å². The largest absolute Gasteiger partial charge is 0.306 e. The lowest BCUT2D eigenvalue weighted by Gasteiger charge is -2.28. The number of piperidine rings is 1. The molecule has 90 valence electrons. The third kappa shape index (κ3) is 4.31. The van der Waals surface area contributed by atoms with Crippen LogP contribution in [0.4, 0.5) is 0 Å². The first-order chi connectivity index (χ1) is 7.84. The van der Waals surface area contributed by atoms with Crippen LogP contribution in [-0.4, -0.2) is 30.0 Å². The summed E-state index contributed by atoms with van der Waals surface area (Å²) in [6.45, 7) is 6.50. The Kier molecular flexibility index (Phi) is 6.09. The van der Waals surface area contributed by atoms with Gasteiger partial charge in [-0.15, -0.1) is 0 Å². The summed E-state index contributed by atoms with van der Waals surface area (Å²) < 4.78 is 0. The minimum atomic E-state index is 0.848. The number of rotatable bonds is 2. The molecule has 2 heteroatoms. The van der Waals surface area contributed by atoms with Crippen LogP contribution in [0, 0.1) is 5.92 Å². The molecule has 1 aliphatic rings. The molecule has 1 saturated heterocycles. The van der Waals surface area contributed by atoms with Gasteiger partial charge in [0.2, 0.25) is 0 Å². The lowest BCUT2D eigenvalue weighted by Crippen LogP contribution is -2.31. The summed E-state index contributed by atoms with van der Waals surface area (Å²) in [5.41, 5.74) is 1.25. The molecule has 0 saturated carbocycles. The average Bonchev–Trinajstić information content (AvgIpc) is 2.36. The number of hydrogen-bond donors (Lipinski definition) is 0. The van der Waals surface area contributed by atoms with E-state index in [2.05, 4.69) is 29.1 Å². The van der Waals surface area contributed by atoms with E-state index in [0.717, 1.165) is 12.3 Å². The normalized spacial score (nSPS) is 17.7. The van der Waals surface area contributed by atoms with Gasteiger partial charge in [0.25, 0.3) is 0 Å². The molecular formula is C14H24N2. The van der Waals surface area contributed by atoms with Gasteiger partial charge in [0.15, 0.2) is 0 Å². The highest BCUT2D eigenvalue weighted by atomic mass is 15.1. The summed E-state index contributed by atoms with van der Waals surface area (Å²) in [5, 5.41) is 0. The van der Waals surface area contributed by atoms with Gasteiger partial charge in [0.05, 0.1) is 0 Å². The fraction of sp³-hybridized carbons (Fsp3) is 0.643. The number of aromatic nitrogens is 1. The van der Waals surface area contributed by atoms with Crippen molar-refractivity contribution in [3.63, 3.8) is 0 Å². The third-order valence-corrected chi connectivity index (χ3v) is 3.06. The van der Waals surface area contributed by atoms with Crippen LogP contribution in [0.5, 0.6) is 0 Å². The molecule has 0 aromatic carbocycles. The van der Waals surface area contributed by atoms with Crippen LogP contribution in [0.25, 0.3) is 0 Å². The molecule has 1 aromatic heterocycles. The molecule has 0 spiro atoms. The number of pyridine rings is 1. The molecule has 1 aliphatic heterocycles. The van der Waals surface area contributed by atoms with Crippen LogP contribution in [0.3, 0.4) is 0 Å². The van der Waals surface area contributed by atoms with E-state index in [1.165, 1.54) is 31.6 Å². The van der Waals surface area contributed by atoms with Crippen molar-refractivity contribution in [1.29, 1.82) is 0 Å². The molecule has 0 atom stereocenters. The number of hydrogen-bond acceptors (Lipinski definition) is 2. The van der Waals surface area contributed by atoms with Crippen molar-refractivity contribution < 1.29 is 0 Å². The zero-order chi connectivity index (χ0) is 11.8. The van der Waals surface area contributed by atoms with Crippen LogP contribution >= 0.6 is 0 Å². The second-order valence-electron chi connectivity index (χ2n) is 4.27. The molecule has 2 nitrogen and oxygen atoms in total. The van der Waals surface area contributed by atoms with E-state index in [0.29, 0.717) is 0 Å². The summed E-state index contributed by atoms with van der Waals surface area (Å²) in [5.74, 6) is 0.848. The van der Waals surface area contributed by atoms with Gasteiger partial charge < -0.3 is 4.90 Å². The molecule has 0 unspecified atom stereocenters. The van der Waals surface area contributed by atoms with Gasteiger partial charge in [-0.1, -0.05) is 19.9 Å². The maximum absolute atomic E-state index is 4.38. The van der Waals surface area contributed by atoms with Crippen LogP contribution in [0.15, 0.2) is 24.4 Å². The number of likely N-dealkylation sites (tertiary alicyclic amines) is 1. The van der Waals surface area contributed by atoms with Gasteiger partial charge in [-0.2, -0.15) is 0 Å². The predicted molar refractivity (Wildman–Crippen MR) is 69.5 cm³/mol. The minimum Gasteiger partial charge on any atom is -0.306 e. The Morgan fingerprint density at radius 3 is 2.50 bits per heavy atom. The highest BCUT2D eigenvalue weighted by Gasteiger charge is 2.16. The molecule has 0 amide bonds. The van der Waals surface area contributed by atoms with E-state index < -0.39 is 0 Å². The SMILES string of the molecule is CC.CN1CCC(Cc2ccccn2)CC1. The van der Waals surface area contributed by atoms with Gasteiger partial charge in [-0.25, -0.2) is 0 Å². The van der Waals surface area contributed by atoms with Crippen molar-refractivity contribution in [2.24, 2.45) is 5.92 Å². The van der Waals surface area contributed by atoms with E-state index in [-0.39, 0.29) is 0 Å². The monoisotopic (exact) mass is 220 g/mol. The maximum Gasteiger partial charge on any atom is 0.0406 e. The van der Waals surface area contributed by atoms with E-state index in [4.69, 9.17) is 0 Å². The Labute approximate surface area is 99.7 Å². The quantitative estimate of drug-likeness (QED) is 0.761.